The van der Waals surface area contributed by atoms with Crippen LogP contribution in [-0.4, -0.2) is 24.8 Å². The van der Waals surface area contributed by atoms with Gasteiger partial charge in [0.15, 0.2) is 0 Å². The van der Waals surface area contributed by atoms with Crippen molar-refractivity contribution in [3.8, 4) is 0 Å². The van der Waals surface area contributed by atoms with E-state index in [2.05, 4.69) is 0 Å². The van der Waals surface area contributed by atoms with Gasteiger partial charge in [-0.1, -0.05) is 30.3 Å². The summed E-state index contributed by atoms with van der Waals surface area (Å²) in [6, 6.07) is 14.8. The molecule has 1 unspecified atom stereocenters. The van der Waals surface area contributed by atoms with Crippen LogP contribution in [0.15, 0.2) is 48.5 Å². The van der Waals surface area contributed by atoms with E-state index in [0.717, 1.165) is 11.1 Å². The first-order valence-electron chi connectivity index (χ1n) is 8.11. The predicted octanol–water partition coefficient (Wildman–Crippen LogP) is 4.26. The number of benzene rings is 2. The SMILES string of the molecule is COC(=O)c1ccc(N2C(=O)OC(C)(C)C2c2ccccc2)cc1C. The van der Waals surface area contributed by atoms with Crippen molar-refractivity contribution in [1.29, 1.82) is 0 Å². The van der Waals surface area contributed by atoms with Gasteiger partial charge in [0, 0.05) is 5.69 Å². The molecule has 5 heteroatoms. The molecule has 0 N–H and O–H groups in total. The number of methoxy groups -OCH3 is 1. The molecule has 1 aliphatic heterocycles. The number of esters is 1. The molecule has 0 bridgehead atoms. The highest BCUT2D eigenvalue weighted by molar-refractivity contribution is 5.95. The molecular weight excluding hydrogens is 318 g/mol. The van der Waals surface area contributed by atoms with Crippen LogP contribution in [0.4, 0.5) is 10.5 Å². The van der Waals surface area contributed by atoms with Crippen molar-refractivity contribution in [2.24, 2.45) is 0 Å². The van der Waals surface area contributed by atoms with E-state index >= 15 is 0 Å². The van der Waals surface area contributed by atoms with Gasteiger partial charge in [-0.3, -0.25) is 4.90 Å². The highest BCUT2D eigenvalue weighted by atomic mass is 16.6. The smallest absolute Gasteiger partial charge is 0.415 e. The minimum Gasteiger partial charge on any atom is -0.465 e. The lowest BCUT2D eigenvalue weighted by atomic mass is 9.91. The Morgan fingerprint density at radius 1 is 1.16 bits per heavy atom. The Balaban J connectivity index is 2.06. The first-order valence-corrected chi connectivity index (χ1v) is 8.11. The van der Waals surface area contributed by atoms with Crippen LogP contribution in [0, 0.1) is 6.92 Å². The average molecular weight is 339 g/mol. The van der Waals surface area contributed by atoms with Gasteiger partial charge in [0.25, 0.3) is 0 Å². The Morgan fingerprint density at radius 2 is 1.84 bits per heavy atom. The lowest BCUT2D eigenvalue weighted by Gasteiger charge is -2.29. The number of rotatable bonds is 3. The summed E-state index contributed by atoms with van der Waals surface area (Å²) in [5.41, 5.74) is 2.23. The van der Waals surface area contributed by atoms with Crippen molar-refractivity contribution in [3.05, 3.63) is 65.2 Å². The summed E-state index contributed by atoms with van der Waals surface area (Å²) in [7, 11) is 1.35. The van der Waals surface area contributed by atoms with Crippen LogP contribution in [0.1, 0.15) is 41.4 Å². The molecule has 3 rings (SSSR count). The topological polar surface area (TPSA) is 55.8 Å². The number of carbonyl (C=O) groups excluding carboxylic acids is 2. The average Bonchev–Trinajstić information content (AvgIpc) is 2.83. The Kier molecular flexibility index (Phi) is 4.25. The molecule has 2 aromatic carbocycles. The van der Waals surface area contributed by atoms with E-state index in [1.165, 1.54) is 7.11 Å². The zero-order chi connectivity index (χ0) is 18.2. The number of nitrogens with zero attached hydrogens (tertiary/aromatic N) is 1. The Hall–Kier alpha value is -2.82. The molecule has 1 fully saturated rings. The summed E-state index contributed by atoms with van der Waals surface area (Å²) in [4.78, 5) is 26.0. The van der Waals surface area contributed by atoms with Gasteiger partial charge in [0.2, 0.25) is 0 Å². The number of cyclic esters (lactones) is 1. The van der Waals surface area contributed by atoms with Gasteiger partial charge >= 0.3 is 12.1 Å². The van der Waals surface area contributed by atoms with Gasteiger partial charge < -0.3 is 9.47 Å². The van der Waals surface area contributed by atoms with Gasteiger partial charge in [-0.05, 0) is 50.1 Å². The number of amides is 1. The minimum absolute atomic E-state index is 0.260. The Labute approximate surface area is 147 Å². The molecule has 1 amide bonds. The fraction of sp³-hybridized carbons (Fsp3) is 0.300. The van der Waals surface area contributed by atoms with Gasteiger partial charge in [0.1, 0.15) is 11.6 Å². The maximum absolute atomic E-state index is 12.6. The molecule has 1 atom stereocenters. The number of carbonyl (C=O) groups is 2. The molecule has 0 saturated carbocycles. The van der Waals surface area contributed by atoms with E-state index in [0.29, 0.717) is 11.3 Å². The van der Waals surface area contributed by atoms with E-state index < -0.39 is 17.7 Å². The Bertz CT molecular complexity index is 814. The standard InChI is InChI=1S/C20H21NO4/c1-13-12-15(10-11-16(13)18(22)24-4)21-17(14-8-6-5-7-9-14)20(2,3)25-19(21)23/h5-12,17H,1-4H3. The minimum atomic E-state index is -0.673. The molecule has 1 aliphatic rings. The van der Waals surface area contributed by atoms with Crippen LogP contribution in [0.5, 0.6) is 0 Å². The molecule has 0 radical (unpaired) electrons. The Morgan fingerprint density at radius 3 is 2.44 bits per heavy atom. The third-order valence-electron chi connectivity index (χ3n) is 4.47. The summed E-state index contributed by atoms with van der Waals surface area (Å²) in [5, 5.41) is 0. The zero-order valence-electron chi connectivity index (χ0n) is 14.8. The monoisotopic (exact) mass is 339 g/mol. The fourth-order valence-electron chi connectivity index (χ4n) is 3.32. The third-order valence-corrected chi connectivity index (χ3v) is 4.47. The fourth-order valence-corrected chi connectivity index (χ4v) is 3.32. The molecule has 0 aliphatic carbocycles. The largest absolute Gasteiger partial charge is 0.465 e. The zero-order valence-corrected chi connectivity index (χ0v) is 14.8. The number of hydrogen-bond donors (Lipinski definition) is 0. The van der Waals surface area contributed by atoms with Crippen LogP contribution < -0.4 is 4.90 Å². The van der Waals surface area contributed by atoms with Crippen LogP contribution in [-0.2, 0) is 9.47 Å². The van der Waals surface area contributed by atoms with Gasteiger partial charge in [0.05, 0.1) is 12.7 Å². The molecule has 25 heavy (non-hydrogen) atoms. The molecule has 1 heterocycles. The summed E-state index contributed by atoms with van der Waals surface area (Å²) in [5.74, 6) is -0.395. The van der Waals surface area contributed by atoms with E-state index in [1.54, 1.807) is 17.0 Å². The molecule has 5 nitrogen and oxygen atoms in total. The van der Waals surface area contributed by atoms with Crippen LogP contribution >= 0.6 is 0 Å². The second-order valence-electron chi connectivity index (χ2n) is 6.65. The summed E-state index contributed by atoms with van der Waals surface area (Å²) in [6.45, 7) is 5.62. The predicted molar refractivity (Wildman–Crippen MR) is 94.7 cm³/mol. The lowest BCUT2D eigenvalue weighted by Crippen LogP contribution is -2.33. The van der Waals surface area contributed by atoms with Crippen molar-refractivity contribution in [2.75, 3.05) is 12.0 Å². The highest BCUT2D eigenvalue weighted by Gasteiger charge is 2.49. The van der Waals surface area contributed by atoms with Crippen LogP contribution in [0.25, 0.3) is 0 Å². The first kappa shape index (κ1) is 17.0. The van der Waals surface area contributed by atoms with Crippen molar-refractivity contribution in [2.45, 2.75) is 32.4 Å². The van der Waals surface area contributed by atoms with Crippen LogP contribution in [0.2, 0.25) is 0 Å². The normalized spacial score (nSPS) is 18.8. The maximum atomic E-state index is 12.6. The number of anilines is 1. The van der Waals surface area contributed by atoms with Crippen molar-refractivity contribution < 1.29 is 19.1 Å². The molecule has 2 aromatic rings. The second kappa shape index (κ2) is 6.24. The summed E-state index contributed by atoms with van der Waals surface area (Å²) in [6.07, 6.45) is -0.399. The molecule has 130 valence electrons. The van der Waals surface area contributed by atoms with E-state index in [4.69, 9.17) is 9.47 Å². The molecule has 1 saturated heterocycles. The van der Waals surface area contributed by atoms with Gasteiger partial charge in [-0.25, -0.2) is 9.59 Å². The van der Waals surface area contributed by atoms with E-state index in [1.807, 2.05) is 57.2 Å². The number of hydrogen-bond acceptors (Lipinski definition) is 4. The quantitative estimate of drug-likeness (QED) is 0.784. The van der Waals surface area contributed by atoms with Gasteiger partial charge in [-0.15, -0.1) is 0 Å². The maximum Gasteiger partial charge on any atom is 0.415 e. The number of ether oxygens (including phenoxy) is 2. The molecular formula is C20H21NO4. The lowest BCUT2D eigenvalue weighted by molar-refractivity contribution is 0.0599. The van der Waals surface area contributed by atoms with Crippen molar-refractivity contribution in [3.63, 3.8) is 0 Å². The summed E-state index contributed by atoms with van der Waals surface area (Å²) < 4.78 is 10.4. The second-order valence-corrected chi connectivity index (χ2v) is 6.65. The van der Waals surface area contributed by atoms with E-state index in [-0.39, 0.29) is 6.04 Å². The summed E-state index contributed by atoms with van der Waals surface area (Å²) >= 11 is 0. The van der Waals surface area contributed by atoms with E-state index in [9.17, 15) is 9.59 Å². The van der Waals surface area contributed by atoms with Crippen LogP contribution in [0.3, 0.4) is 0 Å². The van der Waals surface area contributed by atoms with Gasteiger partial charge in [-0.2, -0.15) is 0 Å². The first-order chi connectivity index (χ1) is 11.8. The van der Waals surface area contributed by atoms with Crippen molar-refractivity contribution >= 4 is 17.7 Å². The molecule has 0 spiro atoms. The van der Waals surface area contributed by atoms with Crippen molar-refractivity contribution in [1.82, 2.24) is 0 Å². The highest BCUT2D eigenvalue weighted by Crippen LogP contribution is 2.43. The third kappa shape index (κ3) is 2.97. The molecule has 0 aromatic heterocycles. The number of aryl methyl sites for hydroxylation is 1.